The Bertz CT molecular complexity index is 1110. The van der Waals surface area contributed by atoms with Crippen LogP contribution in [0.15, 0.2) is 83.8 Å². The molecule has 3 aromatic rings. The molecule has 142 valence electrons. The molecule has 0 aromatic heterocycles. The minimum Gasteiger partial charge on any atom is -0.481 e. The van der Waals surface area contributed by atoms with Gasteiger partial charge in [0.1, 0.15) is 11.5 Å². The molecule has 0 fully saturated rings. The number of para-hydroxylation sites is 1. The van der Waals surface area contributed by atoms with Crippen molar-refractivity contribution in [2.75, 3.05) is 4.31 Å². The molecule has 0 bridgehead atoms. The summed E-state index contributed by atoms with van der Waals surface area (Å²) in [6.45, 7) is 0. The minimum absolute atomic E-state index is 0.144. The molecule has 4 rings (SSSR count). The van der Waals surface area contributed by atoms with E-state index in [4.69, 9.17) is 4.74 Å². The second-order valence-electron chi connectivity index (χ2n) is 6.36. The standard InChI is InChI=1S/C21H17NO5S/c23-21(24)14-19-18-8-4-5-9-20(18)28(25,26)22(19)15-10-12-17(13-11-15)27-16-6-2-1-3-7-16/h1-13,19H,14H2,(H,23,24). The van der Waals surface area contributed by atoms with Gasteiger partial charge in [-0.05, 0) is 48.0 Å². The van der Waals surface area contributed by atoms with Gasteiger partial charge in [0.25, 0.3) is 10.0 Å². The molecule has 1 atom stereocenters. The maximum Gasteiger partial charge on any atom is 0.305 e. The van der Waals surface area contributed by atoms with E-state index in [0.29, 0.717) is 22.7 Å². The van der Waals surface area contributed by atoms with E-state index in [1.165, 1.54) is 10.4 Å². The summed E-state index contributed by atoms with van der Waals surface area (Å²) in [6.07, 6.45) is -0.321. The summed E-state index contributed by atoms with van der Waals surface area (Å²) in [7, 11) is -3.84. The third kappa shape index (κ3) is 3.20. The molecule has 0 aliphatic carbocycles. The third-order valence-electron chi connectivity index (χ3n) is 4.54. The average Bonchev–Trinajstić information content (AvgIpc) is 2.90. The van der Waals surface area contributed by atoms with E-state index >= 15 is 0 Å². The zero-order valence-electron chi connectivity index (χ0n) is 14.7. The number of sulfonamides is 1. The maximum atomic E-state index is 13.1. The van der Waals surface area contributed by atoms with Crippen molar-refractivity contribution >= 4 is 21.7 Å². The molecular formula is C21H17NO5S. The van der Waals surface area contributed by atoms with Gasteiger partial charge in [0, 0.05) is 0 Å². The molecule has 28 heavy (non-hydrogen) atoms. The van der Waals surface area contributed by atoms with Gasteiger partial charge < -0.3 is 9.84 Å². The molecule has 1 aliphatic rings. The Morgan fingerprint density at radius 3 is 2.18 bits per heavy atom. The number of rotatable bonds is 5. The number of benzene rings is 3. The fraction of sp³-hybridized carbons (Fsp3) is 0.0952. The van der Waals surface area contributed by atoms with Gasteiger partial charge in [0.05, 0.1) is 23.0 Å². The van der Waals surface area contributed by atoms with Crippen molar-refractivity contribution in [3.8, 4) is 11.5 Å². The molecule has 0 saturated heterocycles. The number of nitrogens with zero attached hydrogens (tertiary/aromatic N) is 1. The second kappa shape index (κ2) is 7.01. The summed E-state index contributed by atoms with van der Waals surface area (Å²) < 4.78 is 33.0. The summed E-state index contributed by atoms with van der Waals surface area (Å²) in [5.74, 6) is 0.157. The lowest BCUT2D eigenvalue weighted by Crippen LogP contribution is -2.29. The molecule has 0 spiro atoms. The van der Waals surface area contributed by atoms with Crippen molar-refractivity contribution in [1.82, 2.24) is 0 Å². The van der Waals surface area contributed by atoms with Crippen molar-refractivity contribution in [3.63, 3.8) is 0 Å². The molecule has 0 amide bonds. The van der Waals surface area contributed by atoms with Gasteiger partial charge >= 0.3 is 5.97 Å². The van der Waals surface area contributed by atoms with Gasteiger partial charge in [-0.3, -0.25) is 9.10 Å². The van der Waals surface area contributed by atoms with Gasteiger partial charge in [0.15, 0.2) is 0 Å². The van der Waals surface area contributed by atoms with Crippen molar-refractivity contribution in [2.24, 2.45) is 0 Å². The molecule has 7 heteroatoms. The van der Waals surface area contributed by atoms with Crippen LogP contribution >= 0.6 is 0 Å². The normalized spacial score (nSPS) is 17.1. The second-order valence-corrected chi connectivity index (χ2v) is 8.14. The summed E-state index contributed by atoms with van der Waals surface area (Å²) in [4.78, 5) is 11.5. The zero-order chi connectivity index (χ0) is 19.7. The number of hydrogen-bond acceptors (Lipinski definition) is 4. The zero-order valence-corrected chi connectivity index (χ0v) is 15.5. The van der Waals surface area contributed by atoms with Crippen molar-refractivity contribution < 1.29 is 23.1 Å². The van der Waals surface area contributed by atoms with Crippen LogP contribution in [-0.2, 0) is 14.8 Å². The molecule has 6 nitrogen and oxygen atoms in total. The Balaban J connectivity index is 1.70. The van der Waals surface area contributed by atoms with E-state index in [2.05, 4.69) is 0 Å². The van der Waals surface area contributed by atoms with Crippen molar-refractivity contribution in [3.05, 3.63) is 84.4 Å². The highest BCUT2D eigenvalue weighted by molar-refractivity contribution is 7.93. The van der Waals surface area contributed by atoms with Crippen LogP contribution in [-0.4, -0.2) is 19.5 Å². The Hall–Kier alpha value is -3.32. The van der Waals surface area contributed by atoms with Crippen LogP contribution in [0.1, 0.15) is 18.0 Å². The number of carboxylic acid groups (broad SMARTS) is 1. The summed E-state index contributed by atoms with van der Waals surface area (Å²) >= 11 is 0. The van der Waals surface area contributed by atoms with E-state index in [0.717, 1.165) is 0 Å². The minimum atomic E-state index is -3.84. The first-order chi connectivity index (χ1) is 13.5. The van der Waals surface area contributed by atoms with E-state index in [1.54, 1.807) is 42.5 Å². The lowest BCUT2D eigenvalue weighted by Gasteiger charge is -2.24. The average molecular weight is 395 g/mol. The monoisotopic (exact) mass is 395 g/mol. The summed E-state index contributed by atoms with van der Waals surface area (Å²) in [6, 6.07) is 21.5. The number of carboxylic acids is 1. The number of aliphatic carboxylic acids is 1. The third-order valence-corrected chi connectivity index (χ3v) is 6.45. The Kier molecular flexibility index (Phi) is 4.52. The number of hydrogen-bond donors (Lipinski definition) is 1. The van der Waals surface area contributed by atoms with E-state index in [9.17, 15) is 18.3 Å². The fourth-order valence-electron chi connectivity index (χ4n) is 3.35. The van der Waals surface area contributed by atoms with Crippen LogP contribution in [0.5, 0.6) is 11.5 Å². The summed E-state index contributed by atoms with van der Waals surface area (Å²) in [5.41, 5.74) is 0.886. The van der Waals surface area contributed by atoms with Crippen LogP contribution in [0.3, 0.4) is 0 Å². The van der Waals surface area contributed by atoms with E-state index in [-0.39, 0.29) is 11.3 Å². The smallest absolute Gasteiger partial charge is 0.305 e. The number of ether oxygens (including phenoxy) is 1. The first-order valence-electron chi connectivity index (χ1n) is 8.65. The molecule has 3 aromatic carbocycles. The Labute approximate surface area is 162 Å². The van der Waals surface area contributed by atoms with Crippen LogP contribution in [0, 0.1) is 0 Å². The van der Waals surface area contributed by atoms with Gasteiger partial charge in [-0.1, -0.05) is 36.4 Å². The van der Waals surface area contributed by atoms with Crippen molar-refractivity contribution in [1.29, 1.82) is 0 Å². The van der Waals surface area contributed by atoms with Crippen LogP contribution in [0.4, 0.5) is 5.69 Å². The van der Waals surface area contributed by atoms with Crippen LogP contribution in [0.2, 0.25) is 0 Å². The molecule has 0 radical (unpaired) electrons. The lowest BCUT2D eigenvalue weighted by molar-refractivity contribution is -0.137. The molecular weight excluding hydrogens is 378 g/mol. The first-order valence-corrected chi connectivity index (χ1v) is 10.1. The topological polar surface area (TPSA) is 83.9 Å². The van der Waals surface area contributed by atoms with Gasteiger partial charge in [-0.2, -0.15) is 0 Å². The Morgan fingerprint density at radius 2 is 1.50 bits per heavy atom. The van der Waals surface area contributed by atoms with E-state index < -0.39 is 22.0 Å². The number of carbonyl (C=O) groups is 1. The van der Waals surface area contributed by atoms with Gasteiger partial charge in [-0.15, -0.1) is 0 Å². The highest BCUT2D eigenvalue weighted by Crippen LogP contribution is 2.44. The molecule has 0 saturated carbocycles. The van der Waals surface area contributed by atoms with Crippen molar-refractivity contribution in [2.45, 2.75) is 17.4 Å². The quantitative estimate of drug-likeness (QED) is 0.700. The van der Waals surface area contributed by atoms with Gasteiger partial charge in [-0.25, -0.2) is 8.42 Å². The molecule has 1 aliphatic heterocycles. The highest BCUT2D eigenvalue weighted by atomic mass is 32.2. The molecule has 1 unspecified atom stereocenters. The summed E-state index contributed by atoms with van der Waals surface area (Å²) in [5, 5.41) is 9.30. The van der Waals surface area contributed by atoms with Crippen LogP contribution < -0.4 is 9.04 Å². The van der Waals surface area contributed by atoms with Gasteiger partial charge in [0.2, 0.25) is 0 Å². The maximum absolute atomic E-state index is 13.1. The van der Waals surface area contributed by atoms with E-state index in [1.807, 2.05) is 30.3 Å². The molecule has 1 N–H and O–H groups in total. The molecule has 1 heterocycles. The predicted octanol–water partition coefficient (Wildman–Crippen LogP) is 4.20. The number of fused-ring (bicyclic) bond motifs is 1. The predicted molar refractivity (Wildman–Crippen MR) is 104 cm³/mol. The van der Waals surface area contributed by atoms with Crippen LogP contribution in [0.25, 0.3) is 0 Å². The Morgan fingerprint density at radius 1 is 0.893 bits per heavy atom. The lowest BCUT2D eigenvalue weighted by atomic mass is 10.0. The largest absolute Gasteiger partial charge is 0.481 e. The highest BCUT2D eigenvalue weighted by Gasteiger charge is 2.43. The fourth-order valence-corrected chi connectivity index (χ4v) is 5.24. The number of anilines is 1. The SMILES string of the molecule is O=C(O)CC1c2ccccc2S(=O)(=O)N1c1ccc(Oc2ccccc2)cc1. The first kappa shape index (κ1) is 18.1.